The third kappa shape index (κ3) is 3.50. The van der Waals surface area contributed by atoms with E-state index >= 15 is 0 Å². The number of hydrogen-bond donors (Lipinski definition) is 2. The number of aromatic amines is 1. The number of aromatic nitrogens is 1. The molecule has 0 aliphatic rings. The lowest BCUT2D eigenvalue weighted by Crippen LogP contribution is -2.40. The van der Waals surface area contributed by atoms with Gasteiger partial charge in [0.15, 0.2) is 11.5 Å². The molecule has 0 fully saturated rings. The zero-order chi connectivity index (χ0) is 19.6. The highest BCUT2D eigenvalue weighted by atomic mass is 16.5. The Morgan fingerprint density at radius 3 is 2.48 bits per heavy atom. The van der Waals surface area contributed by atoms with Gasteiger partial charge in [-0.15, -0.1) is 0 Å². The topological polar surface area (TPSA) is 63.3 Å². The molecule has 5 nitrogen and oxygen atoms in total. The fourth-order valence-corrected chi connectivity index (χ4v) is 3.59. The Bertz CT molecular complexity index is 973. The predicted octanol–water partition coefficient (Wildman–Crippen LogP) is 4.09. The molecule has 0 aliphatic heterocycles. The van der Waals surface area contributed by atoms with Crippen molar-refractivity contribution in [3.63, 3.8) is 0 Å². The molecule has 1 amide bonds. The van der Waals surface area contributed by atoms with Gasteiger partial charge in [-0.3, -0.25) is 4.79 Å². The maximum atomic E-state index is 13.0. The molecule has 2 aromatic carbocycles. The van der Waals surface area contributed by atoms with E-state index in [1.165, 1.54) is 0 Å². The Kier molecular flexibility index (Phi) is 5.13. The number of ether oxygens (including phenoxy) is 2. The summed E-state index contributed by atoms with van der Waals surface area (Å²) in [7, 11) is 3.20. The Hall–Kier alpha value is -2.95. The van der Waals surface area contributed by atoms with Gasteiger partial charge < -0.3 is 19.8 Å². The summed E-state index contributed by atoms with van der Waals surface area (Å²) in [6.45, 7) is 6.35. The van der Waals surface area contributed by atoms with Crippen LogP contribution < -0.4 is 14.8 Å². The van der Waals surface area contributed by atoms with Gasteiger partial charge in [-0.1, -0.05) is 24.3 Å². The number of fused-ring (bicyclic) bond motifs is 1. The second kappa shape index (κ2) is 7.35. The van der Waals surface area contributed by atoms with E-state index in [1.54, 1.807) is 14.2 Å². The van der Waals surface area contributed by atoms with Crippen molar-refractivity contribution >= 4 is 16.8 Å². The normalized spacial score (nSPS) is 11.4. The van der Waals surface area contributed by atoms with Crippen LogP contribution in [0.5, 0.6) is 11.5 Å². The number of H-pyrrole nitrogens is 1. The van der Waals surface area contributed by atoms with Crippen LogP contribution in [0.15, 0.2) is 42.5 Å². The molecule has 0 saturated carbocycles. The zero-order valence-corrected chi connectivity index (χ0v) is 16.5. The molecule has 3 aromatic rings. The molecule has 0 spiro atoms. The van der Waals surface area contributed by atoms with Crippen molar-refractivity contribution in [2.75, 3.05) is 14.2 Å². The minimum absolute atomic E-state index is 0.0230. The molecule has 0 radical (unpaired) electrons. The van der Waals surface area contributed by atoms with Crippen LogP contribution in [0.25, 0.3) is 10.9 Å². The Labute approximate surface area is 159 Å². The molecular formula is C22H26N2O3. The fourth-order valence-electron chi connectivity index (χ4n) is 3.59. The van der Waals surface area contributed by atoms with Gasteiger partial charge in [-0.2, -0.15) is 0 Å². The van der Waals surface area contributed by atoms with Gasteiger partial charge in [0, 0.05) is 23.1 Å². The first-order valence-corrected chi connectivity index (χ1v) is 8.95. The van der Waals surface area contributed by atoms with Gasteiger partial charge in [-0.05, 0) is 50.1 Å². The highest BCUT2D eigenvalue weighted by molar-refractivity contribution is 5.95. The smallest absolute Gasteiger partial charge is 0.230 e. The summed E-state index contributed by atoms with van der Waals surface area (Å²) < 4.78 is 10.6. The highest BCUT2D eigenvalue weighted by Crippen LogP contribution is 2.34. The van der Waals surface area contributed by atoms with Crippen LogP contribution >= 0.6 is 0 Å². The summed E-state index contributed by atoms with van der Waals surface area (Å²) in [6, 6.07) is 13.7. The SMILES string of the molecule is COc1ccc(CNC(=O)C(C)(C)c2c(C)[nH]c3ccccc23)cc1OC. The van der Waals surface area contributed by atoms with E-state index in [4.69, 9.17) is 9.47 Å². The molecule has 1 aromatic heterocycles. The van der Waals surface area contributed by atoms with Crippen molar-refractivity contribution in [2.24, 2.45) is 0 Å². The number of amides is 1. The van der Waals surface area contributed by atoms with E-state index in [0.29, 0.717) is 18.0 Å². The number of hydrogen-bond acceptors (Lipinski definition) is 3. The third-order valence-electron chi connectivity index (χ3n) is 4.99. The number of carbonyl (C=O) groups excluding carboxylic acids is 1. The maximum Gasteiger partial charge on any atom is 0.230 e. The minimum Gasteiger partial charge on any atom is -0.493 e. The number of nitrogens with one attached hydrogen (secondary N) is 2. The molecule has 27 heavy (non-hydrogen) atoms. The van der Waals surface area contributed by atoms with Gasteiger partial charge in [0.2, 0.25) is 5.91 Å². The standard InChI is InChI=1S/C22H26N2O3/c1-14-20(16-8-6-7-9-17(16)24-14)22(2,3)21(25)23-13-15-10-11-18(26-4)19(12-15)27-5/h6-12,24H,13H2,1-5H3,(H,23,25). The number of carbonyl (C=O) groups is 1. The average Bonchev–Trinajstić information content (AvgIpc) is 3.01. The zero-order valence-electron chi connectivity index (χ0n) is 16.5. The fraction of sp³-hybridized carbons (Fsp3) is 0.318. The molecule has 142 valence electrons. The number of para-hydroxylation sites is 1. The molecular weight excluding hydrogens is 340 g/mol. The van der Waals surface area contributed by atoms with E-state index in [1.807, 2.05) is 57.2 Å². The molecule has 0 atom stereocenters. The lowest BCUT2D eigenvalue weighted by atomic mass is 9.81. The first kappa shape index (κ1) is 18.8. The van der Waals surface area contributed by atoms with E-state index in [9.17, 15) is 4.79 Å². The molecule has 0 aliphatic carbocycles. The quantitative estimate of drug-likeness (QED) is 0.691. The predicted molar refractivity (Wildman–Crippen MR) is 107 cm³/mol. The van der Waals surface area contributed by atoms with Crippen LogP contribution in [0.1, 0.15) is 30.7 Å². The van der Waals surface area contributed by atoms with Crippen LogP contribution in [-0.2, 0) is 16.8 Å². The summed E-state index contributed by atoms with van der Waals surface area (Å²) in [5.41, 5.74) is 3.38. The molecule has 0 saturated heterocycles. The monoisotopic (exact) mass is 366 g/mol. The molecule has 2 N–H and O–H groups in total. The van der Waals surface area contributed by atoms with Crippen molar-refractivity contribution in [3.05, 3.63) is 59.3 Å². The molecule has 0 unspecified atom stereocenters. The van der Waals surface area contributed by atoms with Crippen LogP contribution in [0.2, 0.25) is 0 Å². The summed E-state index contributed by atoms with van der Waals surface area (Å²) in [6.07, 6.45) is 0. The third-order valence-corrected chi connectivity index (χ3v) is 4.99. The number of methoxy groups -OCH3 is 2. The molecule has 0 bridgehead atoms. The Morgan fingerprint density at radius 2 is 1.78 bits per heavy atom. The van der Waals surface area contributed by atoms with Crippen LogP contribution in [0, 0.1) is 6.92 Å². The minimum atomic E-state index is -0.666. The van der Waals surface area contributed by atoms with Crippen molar-refractivity contribution in [3.8, 4) is 11.5 Å². The van der Waals surface area contributed by atoms with E-state index in [-0.39, 0.29) is 5.91 Å². The van der Waals surface area contributed by atoms with Crippen molar-refractivity contribution in [1.29, 1.82) is 0 Å². The second-order valence-corrected chi connectivity index (χ2v) is 7.17. The lowest BCUT2D eigenvalue weighted by molar-refractivity contribution is -0.125. The van der Waals surface area contributed by atoms with Crippen molar-refractivity contribution in [2.45, 2.75) is 32.7 Å². The summed E-state index contributed by atoms with van der Waals surface area (Å²) in [4.78, 5) is 16.4. The average molecular weight is 366 g/mol. The Balaban J connectivity index is 1.82. The van der Waals surface area contributed by atoms with Gasteiger partial charge in [0.25, 0.3) is 0 Å². The summed E-state index contributed by atoms with van der Waals surface area (Å²) in [5, 5.41) is 4.14. The molecule has 5 heteroatoms. The summed E-state index contributed by atoms with van der Waals surface area (Å²) in [5.74, 6) is 1.29. The van der Waals surface area contributed by atoms with Crippen molar-refractivity contribution < 1.29 is 14.3 Å². The maximum absolute atomic E-state index is 13.0. The van der Waals surface area contributed by atoms with Crippen molar-refractivity contribution in [1.82, 2.24) is 10.3 Å². The van der Waals surface area contributed by atoms with Crippen LogP contribution in [0.4, 0.5) is 0 Å². The van der Waals surface area contributed by atoms with Gasteiger partial charge in [0.1, 0.15) is 0 Å². The van der Waals surface area contributed by atoms with E-state index in [2.05, 4.69) is 16.4 Å². The second-order valence-electron chi connectivity index (χ2n) is 7.17. The van der Waals surface area contributed by atoms with Gasteiger partial charge >= 0.3 is 0 Å². The van der Waals surface area contributed by atoms with Crippen LogP contribution in [0.3, 0.4) is 0 Å². The highest BCUT2D eigenvalue weighted by Gasteiger charge is 2.33. The van der Waals surface area contributed by atoms with Gasteiger partial charge in [0.05, 0.1) is 19.6 Å². The Morgan fingerprint density at radius 1 is 1.07 bits per heavy atom. The first-order valence-electron chi connectivity index (χ1n) is 8.95. The van der Waals surface area contributed by atoms with E-state index < -0.39 is 5.41 Å². The van der Waals surface area contributed by atoms with Crippen LogP contribution in [-0.4, -0.2) is 25.1 Å². The number of benzene rings is 2. The number of rotatable bonds is 6. The summed E-state index contributed by atoms with van der Waals surface area (Å²) >= 11 is 0. The first-order chi connectivity index (χ1) is 12.9. The molecule has 1 heterocycles. The largest absolute Gasteiger partial charge is 0.493 e. The lowest BCUT2D eigenvalue weighted by Gasteiger charge is -2.25. The number of aryl methyl sites for hydroxylation is 1. The molecule has 3 rings (SSSR count). The van der Waals surface area contributed by atoms with Gasteiger partial charge in [-0.25, -0.2) is 0 Å². The van der Waals surface area contributed by atoms with E-state index in [0.717, 1.165) is 27.7 Å².